The lowest BCUT2D eigenvalue weighted by Gasteiger charge is -1.93. The van der Waals surface area contributed by atoms with Crippen molar-refractivity contribution >= 4 is 11.3 Å². The van der Waals surface area contributed by atoms with Gasteiger partial charge >= 0.3 is 0 Å². The van der Waals surface area contributed by atoms with E-state index in [1.807, 2.05) is 16.8 Å². The molecule has 2 heterocycles. The van der Waals surface area contributed by atoms with Gasteiger partial charge in [0, 0.05) is 17.0 Å². The van der Waals surface area contributed by atoms with Crippen molar-refractivity contribution in [2.45, 2.75) is 6.54 Å². The third-order valence-corrected chi connectivity index (χ3v) is 2.64. The Balaban J connectivity index is 2.45. The fourth-order valence-electron chi connectivity index (χ4n) is 1.27. The quantitative estimate of drug-likeness (QED) is 0.717. The van der Waals surface area contributed by atoms with E-state index in [1.54, 1.807) is 17.4 Å². The lowest BCUT2D eigenvalue weighted by atomic mass is 10.2. The first kappa shape index (κ1) is 9.51. The van der Waals surface area contributed by atoms with Gasteiger partial charge in [-0.2, -0.15) is 21.7 Å². The van der Waals surface area contributed by atoms with Crippen LogP contribution >= 0.6 is 11.3 Å². The highest BCUT2D eigenvalue weighted by atomic mass is 32.1. The van der Waals surface area contributed by atoms with E-state index in [0.717, 1.165) is 11.3 Å². The molecule has 0 aromatic carbocycles. The van der Waals surface area contributed by atoms with E-state index in [1.165, 1.54) is 4.68 Å². The number of aromatic nitrogens is 2. The number of terminal acetylenes is 1. The van der Waals surface area contributed by atoms with Crippen LogP contribution in [0, 0.1) is 23.7 Å². The molecule has 0 aliphatic heterocycles. The number of thiophene rings is 1. The summed E-state index contributed by atoms with van der Waals surface area (Å²) in [7, 11) is 0. The second-order valence-corrected chi connectivity index (χ2v) is 3.68. The van der Waals surface area contributed by atoms with E-state index in [-0.39, 0.29) is 0 Å². The fraction of sp³-hybridized carbons (Fsp3) is 0.0909. The van der Waals surface area contributed by atoms with Crippen LogP contribution in [-0.2, 0) is 6.54 Å². The topological polar surface area (TPSA) is 41.6 Å². The van der Waals surface area contributed by atoms with Crippen molar-refractivity contribution in [3.63, 3.8) is 0 Å². The largest absolute Gasteiger partial charge is 0.242 e. The van der Waals surface area contributed by atoms with Crippen LogP contribution in [0.1, 0.15) is 5.69 Å². The zero-order chi connectivity index (χ0) is 10.7. The van der Waals surface area contributed by atoms with Gasteiger partial charge < -0.3 is 0 Å². The summed E-state index contributed by atoms with van der Waals surface area (Å²) in [6, 6.07) is 5.79. The summed E-state index contributed by atoms with van der Waals surface area (Å²) in [6.07, 6.45) is 5.19. The molecular weight excluding hydrogens is 206 g/mol. The summed E-state index contributed by atoms with van der Waals surface area (Å²) in [5, 5.41) is 17.1. The summed E-state index contributed by atoms with van der Waals surface area (Å²) in [5.74, 6) is 2.47. The zero-order valence-corrected chi connectivity index (χ0v) is 8.66. The molecule has 3 nitrogen and oxygen atoms in total. The maximum atomic E-state index is 8.88. The molecule has 2 rings (SSSR count). The third kappa shape index (κ3) is 1.76. The molecule has 0 saturated heterocycles. The van der Waals surface area contributed by atoms with Gasteiger partial charge in [0.15, 0.2) is 0 Å². The van der Waals surface area contributed by atoms with Crippen LogP contribution in [-0.4, -0.2) is 9.78 Å². The molecule has 0 unspecified atom stereocenters. The van der Waals surface area contributed by atoms with Crippen molar-refractivity contribution in [3.8, 4) is 29.7 Å². The molecule has 2 aromatic heterocycles. The molecule has 0 amide bonds. The highest BCUT2D eigenvalue weighted by Crippen LogP contribution is 2.21. The van der Waals surface area contributed by atoms with Gasteiger partial charge in [0.05, 0.1) is 5.69 Å². The van der Waals surface area contributed by atoms with Crippen LogP contribution in [0.25, 0.3) is 11.3 Å². The average Bonchev–Trinajstić information content (AvgIpc) is 2.84. The number of hydrogen-bond acceptors (Lipinski definition) is 3. The lowest BCUT2D eigenvalue weighted by Crippen LogP contribution is -2.00. The predicted octanol–water partition coefficient (Wildman–Crippen LogP) is 2.12. The van der Waals surface area contributed by atoms with E-state index >= 15 is 0 Å². The van der Waals surface area contributed by atoms with Crippen LogP contribution in [0.4, 0.5) is 0 Å². The van der Waals surface area contributed by atoms with Crippen molar-refractivity contribution < 1.29 is 0 Å². The minimum absolute atomic E-state index is 0.326. The van der Waals surface area contributed by atoms with Gasteiger partial charge in [-0.1, -0.05) is 5.92 Å². The molecule has 0 bridgehead atoms. The first-order chi connectivity index (χ1) is 7.35. The Bertz CT molecular complexity index is 537. The number of nitriles is 1. The van der Waals surface area contributed by atoms with Gasteiger partial charge in [-0.15, -0.1) is 6.42 Å². The maximum absolute atomic E-state index is 8.88. The molecule has 0 saturated carbocycles. The van der Waals surface area contributed by atoms with E-state index in [0.29, 0.717) is 12.2 Å². The number of hydrogen-bond donors (Lipinski definition) is 0. The summed E-state index contributed by atoms with van der Waals surface area (Å²) >= 11 is 1.60. The summed E-state index contributed by atoms with van der Waals surface area (Å²) in [4.78, 5) is 0. The smallest absolute Gasteiger partial charge is 0.140 e. The number of rotatable bonds is 2. The molecule has 0 aliphatic rings. The van der Waals surface area contributed by atoms with Crippen molar-refractivity contribution in [1.82, 2.24) is 9.78 Å². The van der Waals surface area contributed by atoms with Gasteiger partial charge in [0.2, 0.25) is 0 Å². The Labute approximate surface area is 91.6 Å². The Morgan fingerprint density at radius 1 is 1.60 bits per heavy atom. The van der Waals surface area contributed by atoms with Crippen LogP contribution < -0.4 is 0 Å². The minimum Gasteiger partial charge on any atom is -0.242 e. The monoisotopic (exact) mass is 213 g/mol. The first-order valence-corrected chi connectivity index (χ1v) is 5.23. The average molecular weight is 213 g/mol. The maximum Gasteiger partial charge on any atom is 0.140 e. The van der Waals surface area contributed by atoms with Crippen molar-refractivity contribution in [1.29, 1.82) is 5.26 Å². The Morgan fingerprint density at radius 2 is 2.47 bits per heavy atom. The van der Waals surface area contributed by atoms with Crippen molar-refractivity contribution in [2.24, 2.45) is 0 Å². The standard InChI is InChI=1S/C11H7N3S/c1-2-4-14-10(7-12)6-11(13-14)9-3-5-15-8-9/h1,3,5-6,8H,4H2. The molecular formula is C11H7N3S. The Morgan fingerprint density at radius 3 is 3.07 bits per heavy atom. The molecule has 0 aliphatic carbocycles. The van der Waals surface area contributed by atoms with Crippen LogP contribution in [0.3, 0.4) is 0 Å². The highest BCUT2D eigenvalue weighted by Gasteiger charge is 2.08. The fourth-order valence-corrected chi connectivity index (χ4v) is 1.91. The van der Waals surface area contributed by atoms with E-state index < -0.39 is 0 Å². The van der Waals surface area contributed by atoms with Gasteiger partial charge in [-0.25, -0.2) is 4.68 Å². The third-order valence-electron chi connectivity index (χ3n) is 1.95. The Hall–Kier alpha value is -2.04. The molecule has 0 spiro atoms. The van der Waals surface area contributed by atoms with Gasteiger partial charge in [-0.05, 0) is 11.4 Å². The minimum atomic E-state index is 0.326. The molecule has 4 heteroatoms. The predicted molar refractivity (Wildman–Crippen MR) is 59.1 cm³/mol. The van der Waals surface area contributed by atoms with Crippen LogP contribution in [0.5, 0.6) is 0 Å². The van der Waals surface area contributed by atoms with Gasteiger partial charge in [0.25, 0.3) is 0 Å². The molecule has 15 heavy (non-hydrogen) atoms. The molecule has 2 aromatic rings. The SMILES string of the molecule is C#CCn1nc(-c2ccsc2)cc1C#N. The zero-order valence-electron chi connectivity index (χ0n) is 7.84. The first-order valence-electron chi connectivity index (χ1n) is 4.29. The van der Waals surface area contributed by atoms with Gasteiger partial charge in [-0.3, -0.25) is 0 Å². The van der Waals surface area contributed by atoms with E-state index in [4.69, 9.17) is 11.7 Å². The second kappa shape index (κ2) is 4.00. The molecule has 0 fully saturated rings. The second-order valence-electron chi connectivity index (χ2n) is 2.90. The summed E-state index contributed by atoms with van der Waals surface area (Å²) < 4.78 is 1.53. The van der Waals surface area contributed by atoms with E-state index in [9.17, 15) is 0 Å². The molecule has 0 radical (unpaired) electrons. The number of nitrogens with zero attached hydrogens (tertiary/aromatic N) is 3. The normalized spacial score (nSPS) is 9.47. The lowest BCUT2D eigenvalue weighted by molar-refractivity contribution is 0.708. The van der Waals surface area contributed by atoms with Crippen molar-refractivity contribution in [3.05, 3.63) is 28.6 Å². The molecule has 0 N–H and O–H groups in total. The Kier molecular flexibility index (Phi) is 2.53. The van der Waals surface area contributed by atoms with Crippen molar-refractivity contribution in [2.75, 3.05) is 0 Å². The van der Waals surface area contributed by atoms with E-state index in [2.05, 4.69) is 17.1 Å². The molecule has 72 valence electrons. The van der Waals surface area contributed by atoms with Crippen LogP contribution in [0.2, 0.25) is 0 Å². The molecule has 0 atom stereocenters. The highest BCUT2D eigenvalue weighted by molar-refractivity contribution is 7.08. The summed E-state index contributed by atoms with van der Waals surface area (Å²) in [6.45, 7) is 0.326. The van der Waals surface area contributed by atoms with Crippen LogP contribution in [0.15, 0.2) is 22.9 Å². The summed E-state index contributed by atoms with van der Waals surface area (Å²) in [5.41, 5.74) is 2.31. The van der Waals surface area contributed by atoms with Gasteiger partial charge in [0.1, 0.15) is 18.3 Å².